The maximum Gasteiger partial charge on any atom is 0.141 e. The van der Waals surface area contributed by atoms with Crippen molar-refractivity contribution < 1.29 is 0 Å². The summed E-state index contributed by atoms with van der Waals surface area (Å²) in [6, 6.07) is 0. The second kappa shape index (κ2) is 6.81. The monoisotopic (exact) mass is 301 g/mol. The molecule has 2 rings (SSSR count). The van der Waals surface area contributed by atoms with Gasteiger partial charge in [-0.25, -0.2) is 15.0 Å². The molecule has 0 spiro atoms. The molecule has 120 valence electrons. The van der Waals surface area contributed by atoms with E-state index >= 15 is 0 Å². The van der Waals surface area contributed by atoms with Crippen LogP contribution >= 0.6 is 0 Å². The van der Waals surface area contributed by atoms with Crippen molar-refractivity contribution in [1.82, 2.24) is 19.9 Å². The number of hydrogen-bond acceptors (Lipinski definition) is 5. The fraction of sp³-hybridized carbons (Fsp3) is 0.529. The molecule has 0 unspecified atom stereocenters. The Kier molecular flexibility index (Phi) is 5.58. The summed E-state index contributed by atoms with van der Waals surface area (Å²) in [5.74, 6) is 1.30. The van der Waals surface area contributed by atoms with E-state index in [0.717, 1.165) is 11.5 Å². The highest BCUT2D eigenvalue weighted by molar-refractivity contribution is 5.24. The highest BCUT2D eigenvalue weighted by Crippen LogP contribution is 2.19. The normalized spacial score (nSPS) is 11.6. The fourth-order valence-corrected chi connectivity index (χ4v) is 1.51. The average Bonchev–Trinajstić information content (AvgIpc) is 2.38. The third kappa shape index (κ3) is 5.76. The molecule has 5 nitrogen and oxygen atoms in total. The van der Waals surface area contributed by atoms with Crippen molar-refractivity contribution in [3.63, 3.8) is 0 Å². The maximum atomic E-state index is 5.40. The molecule has 2 heterocycles. The van der Waals surface area contributed by atoms with E-state index < -0.39 is 0 Å². The molecule has 0 saturated carbocycles. The molecule has 0 saturated heterocycles. The highest BCUT2D eigenvalue weighted by Gasteiger charge is 2.15. The number of aryl methyl sites for hydroxylation is 1. The van der Waals surface area contributed by atoms with E-state index in [1.54, 1.807) is 12.4 Å². The lowest BCUT2D eigenvalue weighted by molar-refractivity contribution is 0.566. The Hall–Kier alpha value is -2.04. The van der Waals surface area contributed by atoms with Gasteiger partial charge in [-0.15, -0.1) is 0 Å². The minimum absolute atomic E-state index is 0.0562. The van der Waals surface area contributed by atoms with Gasteiger partial charge < -0.3 is 5.73 Å². The summed E-state index contributed by atoms with van der Waals surface area (Å²) in [6.07, 6.45) is 7.08. The molecular weight excluding hydrogens is 274 g/mol. The summed E-state index contributed by atoms with van der Waals surface area (Å²) in [4.78, 5) is 16.4. The summed E-state index contributed by atoms with van der Waals surface area (Å²) in [5.41, 5.74) is 7.76. The fourth-order valence-electron chi connectivity index (χ4n) is 1.51. The molecule has 0 atom stereocenters. The van der Waals surface area contributed by atoms with Crippen LogP contribution in [0.15, 0.2) is 24.8 Å². The quantitative estimate of drug-likeness (QED) is 0.806. The first-order valence-corrected chi connectivity index (χ1v) is 7.37. The number of nitrogens with two attached hydrogens (primary N) is 1. The van der Waals surface area contributed by atoms with Crippen molar-refractivity contribution in [3.05, 3.63) is 41.9 Å². The van der Waals surface area contributed by atoms with Crippen LogP contribution < -0.4 is 5.73 Å². The zero-order chi connectivity index (χ0) is 17.0. The van der Waals surface area contributed by atoms with E-state index in [2.05, 4.69) is 61.5 Å². The van der Waals surface area contributed by atoms with Gasteiger partial charge in [0.25, 0.3) is 0 Å². The van der Waals surface area contributed by atoms with Gasteiger partial charge in [-0.05, 0) is 17.9 Å². The van der Waals surface area contributed by atoms with Gasteiger partial charge in [0.05, 0.1) is 18.1 Å². The first-order valence-electron chi connectivity index (χ1n) is 7.37. The van der Waals surface area contributed by atoms with E-state index in [1.807, 2.05) is 19.3 Å². The highest BCUT2D eigenvalue weighted by atomic mass is 14.9. The van der Waals surface area contributed by atoms with Gasteiger partial charge in [0.1, 0.15) is 11.6 Å². The summed E-state index contributed by atoms with van der Waals surface area (Å²) in [6.45, 7) is 14.6. The summed E-state index contributed by atoms with van der Waals surface area (Å²) < 4.78 is 0. The Balaban J connectivity index is 0.000000220. The lowest BCUT2D eigenvalue weighted by Gasteiger charge is -2.17. The van der Waals surface area contributed by atoms with Gasteiger partial charge in [-0.2, -0.15) is 0 Å². The van der Waals surface area contributed by atoms with Gasteiger partial charge >= 0.3 is 0 Å². The zero-order valence-corrected chi connectivity index (χ0v) is 14.7. The third-order valence-corrected chi connectivity index (χ3v) is 3.09. The molecule has 0 aliphatic carbocycles. The molecule has 0 aromatic carbocycles. The number of hydrogen-bond donors (Lipinski definition) is 1. The Morgan fingerprint density at radius 1 is 0.727 bits per heavy atom. The Morgan fingerprint density at radius 2 is 1.27 bits per heavy atom. The lowest BCUT2D eigenvalue weighted by atomic mass is 9.89. The van der Waals surface area contributed by atoms with E-state index in [1.165, 1.54) is 5.56 Å². The second-order valence-corrected chi connectivity index (χ2v) is 7.35. The zero-order valence-electron chi connectivity index (χ0n) is 14.7. The van der Waals surface area contributed by atoms with E-state index in [-0.39, 0.29) is 10.8 Å². The first-order chi connectivity index (χ1) is 10.00. The van der Waals surface area contributed by atoms with Crippen LogP contribution in [0.2, 0.25) is 0 Å². The van der Waals surface area contributed by atoms with Crippen LogP contribution in [0.1, 0.15) is 58.6 Å². The molecule has 2 aromatic heterocycles. The van der Waals surface area contributed by atoms with Gasteiger partial charge in [-0.1, -0.05) is 41.5 Å². The molecule has 22 heavy (non-hydrogen) atoms. The van der Waals surface area contributed by atoms with Crippen LogP contribution in [0.4, 0.5) is 5.82 Å². The van der Waals surface area contributed by atoms with Crippen molar-refractivity contribution in [3.8, 4) is 0 Å². The number of nitrogen functional groups attached to an aromatic ring is 1. The van der Waals surface area contributed by atoms with Gasteiger partial charge in [0.2, 0.25) is 0 Å². The van der Waals surface area contributed by atoms with E-state index in [9.17, 15) is 0 Å². The molecule has 2 aromatic rings. The third-order valence-electron chi connectivity index (χ3n) is 3.09. The molecule has 0 bridgehead atoms. The molecular formula is C17H27N5. The molecule has 0 fully saturated rings. The standard InChI is InChI=1S/C9H14N2.C8H13N3/c1-7-10-5-8(6-11-7)9(2,3)4;1-8(2,3)6-4-11-7(9)5-10-6/h5-6H,1-4H3;4-5H,1-3H3,(H2,9,11). The van der Waals surface area contributed by atoms with Gasteiger partial charge in [-0.3, -0.25) is 4.98 Å². The summed E-state index contributed by atoms with van der Waals surface area (Å²) in [5, 5.41) is 0. The molecule has 0 aliphatic heterocycles. The smallest absolute Gasteiger partial charge is 0.141 e. The van der Waals surface area contributed by atoms with Crippen LogP contribution in [-0.4, -0.2) is 19.9 Å². The Morgan fingerprint density at radius 3 is 1.64 bits per heavy atom. The summed E-state index contributed by atoms with van der Waals surface area (Å²) >= 11 is 0. The Labute approximate surface area is 133 Å². The number of rotatable bonds is 0. The maximum absolute atomic E-state index is 5.40. The van der Waals surface area contributed by atoms with Crippen LogP contribution in [0, 0.1) is 6.92 Å². The Bertz CT molecular complexity index is 519. The first kappa shape index (κ1) is 18.0. The van der Waals surface area contributed by atoms with Crippen molar-refractivity contribution in [2.45, 2.75) is 59.3 Å². The largest absolute Gasteiger partial charge is 0.382 e. The SMILES string of the molecule is CC(C)(C)c1cnc(N)cn1.Cc1ncc(C(C)(C)C)cn1. The predicted molar refractivity (Wildman–Crippen MR) is 90.6 cm³/mol. The topological polar surface area (TPSA) is 77.6 Å². The summed E-state index contributed by atoms with van der Waals surface area (Å²) in [7, 11) is 0. The number of anilines is 1. The molecule has 0 aliphatic rings. The molecule has 5 heteroatoms. The van der Waals surface area contributed by atoms with Crippen LogP contribution in [0.3, 0.4) is 0 Å². The van der Waals surface area contributed by atoms with Crippen LogP contribution in [0.5, 0.6) is 0 Å². The molecule has 2 N–H and O–H groups in total. The van der Waals surface area contributed by atoms with Crippen LogP contribution in [-0.2, 0) is 10.8 Å². The van der Waals surface area contributed by atoms with Crippen molar-refractivity contribution >= 4 is 5.82 Å². The van der Waals surface area contributed by atoms with Crippen molar-refractivity contribution in [1.29, 1.82) is 0 Å². The minimum atomic E-state index is 0.0562. The minimum Gasteiger partial charge on any atom is -0.382 e. The van der Waals surface area contributed by atoms with E-state index in [4.69, 9.17) is 5.73 Å². The number of aromatic nitrogens is 4. The molecule has 0 radical (unpaired) electrons. The lowest BCUT2D eigenvalue weighted by Crippen LogP contribution is -2.13. The van der Waals surface area contributed by atoms with Crippen LogP contribution in [0.25, 0.3) is 0 Å². The van der Waals surface area contributed by atoms with Crippen molar-refractivity contribution in [2.24, 2.45) is 0 Å². The predicted octanol–water partition coefficient (Wildman–Crippen LogP) is 3.44. The van der Waals surface area contributed by atoms with E-state index in [0.29, 0.717) is 5.82 Å². The van der Waals surface area contributed by atoms with Gasteiger partial charge in [0.15, 0.2) is 0 Å². The molecule has 0 amide bonds. The van der Waals surface area contributed by atoms with Crippen molar-refractivity contribution in [2.75, 3.05) is 5.73 Å². The second-order valence-electron chi connectivity index (χ2n) is 7.35. The average molecular weight is 301 g/mol. The van der Waals surface area contributed by atoms with Gasteiger partial charge in [0, 0.05) is 17.8 Å². The number of nitrogens with zero attached hydrogens (tertiary/aromatic N) is 4.